The topological polar surface area (TPSA) is 44.8 Å². The molecule has 0 aromatic rings. The Kier molecular flexibility index (Phi) is 10.0. The second-order valence-corrected chi connectivity index (χ2v) is 2.72. The molecule has 0 aromatic heterocycles. The molecular weight excluding hydrogens is 184 g/mol. The van der Waals surface area contributed by atoms with E-state index in [1.165, 1.54) is 0 Å². The number of ether oxygens (including phenoxy) is 3. The lowest BCUT2D eigenvalue weighted by Crippen LogP contribution is -2.10. The van der Waals surface area contributed by atoms with Crippen LogP contribution in [-0.2, 0) is 19.0 Å². The van der Waals surface area contributed by atoms with Crippen LogP contribution >= 0.6 is 0 Å². The first-order valence-electron chi connectivity index (χ1n) is 5.12. The van der Waals surface area contributed by atoms with Crippen LogP contribution in [0.1, 0.15) is 26.7 Å². The SMILES string of the molecule is CCOCCCOC(=O)CCOCC. The van der Waals surface area contributed by atoms with Crippen molar-refractivity contribution in [3.8, 4) is 0 Å². The predicted octanol–water partition coefficient (Wildman–Crippen LogP) is 1.38. The van der Waals surface area contributed by atoms with Crippen molar-refractivity contribution in [1.29, 1.82) is 0 Å². The fraction of sp³-hybridized carbons (Fsp3) is 0.900. The summed E-state index contributed by atoms with van der Waals surface area (Å²) in [5, 5.41) is 0. The van der Waals surface area contributed by atoms with Crippen LogP contribution in [0.4, 0.5) is 0 Å². The van der Waals surface area contributed by atoms with Gasteiger partial charge < -0.3 is 14.2 Å². The average molecular weight is 204 g/mol. The minimum absolute atomic E-state index is 0.199. The first kappa shape index (κ1) is 13.4. The molecule has 0 heterocycles. The number of hydrogen-bond donors (Lipinski definition) is 0. The van der Waals surface area contributed by atoms with E-state index in [1.807, 2.05) is 13.8 Å². The lowest BCUT2D eigenvalue weighted by molar-refractivity contribution is -0.145. The summed E-state index contributed by atoms with van der Waals surface area (Å²) in [4.78, 5) is 11.0. The highest BCUT2D eigenvalue weighted by Gasteiger charge is 2.01. The van der Waals surface area contributed by atoms with Crippen molar-refractivity contribution in [1.82, 2.24) is 0 Å². The Bertz CT molecular complexity index is 136. The summed E-state index contributed by atoms with van der Waals surface area (Å²) < 4.78 is 15.1. The average Bonchev–Trinajstić information content (AvgIpc) is 2.18. The van der Waals surface area contributed by atoms with Gasteiger partial charge in [0.05, 0.1) is 19.6 Å². The molecule has 14 heavy (non-hydrogen) atoms. The van der Waals surface area contributed by atoms with E-state index in [-0.39, 0.29) is 5.97 Å². The highest BCUT2D eigenvalue weighted by molar-refractivity contribution is 5.69. The zero-order chi connectivity index (χ0) is 10.6. The lowest BCUT2D eigenvalue weighted by atomic mass is 10.4. The quantitative estimate of drug-likeness (QED) is 0.420. The van der Waals surface area contributed by atoms with Crippen LogP contribution < -0.4 is 0 Å². The van der Waals surface area contributed by atoms with Crippen molar-refractivity contribution >= 4 is 5.97 Å². The van der Waals surface area contributed by atoms with Crippen molar-refractivity contribution in [2.45, 2.75) is 26.7 Å². The molecule has 0 saturated carbocycles. The van der Waals surface area contributed by atoms with Gasteiger partial charge in [-0.1, -0.05) is 0 Å². The van der Waals surface area contributed by atoms with Gasteiger partial charge in [0.2, 0.25) is 0 Å². The first-order valence-corrected chi connectivity index (χ1v) is 5.12. The second kappa shape index (κ2) is 10.5. The maximum atomic E-state index is 11.0. The fourth-order valence-corrected chi connectivity index (χ4v) is 0.863. The van der Waals surface area contributed by atoms with Crippen LogP contribution in [0, 0.1) is 0 Å². The number of rotatable bonds is 9. The summed E-state index contributed by atoms with van der Waals surface area (Å²) >= 11 is 0. The fourth-order valence-electron chi connectivity index (χ4n) is 0.863. The van der Waals surface area contributed by atoms with E-state index in [9.17, 15) is 4.79 Å². The van der Waals surface area contributed by atoms with E-state index >= 15 is 0 Å². The minimum Gasteiger partial charge on any atom is -0.466 e. The molecular formula is C10H20O4. The van der Waals surface area contributed by atoms with Crippen molar-refractivity contribution in [3.63, 3.8) is 0 Å². The van der Waals surface area contributed by atoms with Crippen molar-refractivity contribution in [2.24, 2.45) is 0 Å². The molecule has 0 saturated heterocycles. The van der Waals surface area contributed by atoms with Gasteiger partial charge in [0.15, 0.2) is 0 Å². The van der Waals surface area contributed by atoms with Gasteiger partial charge in [0.1, 0.15) is 0 Å². The zero-order valence-electron chi connectivity index (χ0n) is 9.08. The van der Waals surface area contributed by atoms with Crippen LogP contribution in [0.25, 0.3) is 0 Å². The second-order valence-electron chi connectivity index (χ2n) is 2.72. The summed E-state index contributed by atoms with van der Waals surface area (Å²) in [6, 6.07) is 0. The molecule has 0 aliphatic rings. The monoisotopic (exact) mass is 204 g/mol. The van der Waals surface area contributed by atoms with Crippen LogP contribution in [-0.4, -0.2) is 39.0 Å². The molecule has 0 rings (SSSR count). The summed E-state index contributed by atoms with van der Waals surface area (Å²) in [6.07, 6.45) is 1.09. The van der Waals surface area contributed by atoms with Gasteiger partial charge >= 0.3 is 5.97 Å². The van der Waals surface area contributed by atoms with Crippen molar-refractivity contribution in [2.75, 3.05) is 33.0 Å². The molecule has 0 aliphatic carbocycles. The Balaban J connectivity index is 3.10. The maximum absolute atomic E-state index is 11.0. The Labute approximate surface area is 85.5 Å². The third-order valence-electron chi connectivity index (χ3n) is 1.55. The van der Waals surface area contributed by atoms with Crippen LogP contribution in [0.3, 0.4) is 0 Å². The molecule has 0 fully saturated rings. The third kappa shape index (κ3) is 9.48. The molecule has 0 bridgehead atoms. The first-order chi connectivity index (χ1) is 6.81. The van der Waals surface area contributed by atoms with E-state index in [4.69, 9.17) is 14.2 Å². The van der Waals surface area contributed by atoms with Crippen molar-refractivity contribution in [3.05, 3.63) is 0 Å². The predicted molar refractivity (Wildman–Crippen MR) is 53.2 cm³/mol. The van der Waals surface area contributed by atoms with Gasteiger partial charge in [-0.3, -0.25) is 4.79 Å². The van der Waals surface area contributed by atoms with Gasteiger partial charge in [0.25, 0.3) is 0 Å². The molecule has 0 amide bonds. The standard InChI is InChI=1S/C10H20O4/c1-3-12-7-5-8-14-10(11)6-9-13-4-2/h3-9H2,1-2H3. The molecule has 84 valence electrons. The number of esters is 1. The van der Waals surface area contributed by atoms with Gasteiger partial charge in [-0.25, -0.2) is 0 Å². The van der Waals surface area contributed by atoms with Gasteiger partial charge in [0, 0.05) is 26.2 Å². The van der Waals surface area contributed by atoms with Crippen molar-refractivity contribution < 1.29 is 19.0 Å². The molecule has 0 unspecified atom stereocenters. The third-order valence-corrected chi connectivity index (χ3v) is 1.55. The zero-order valence-corrected chi connectivity index (χ0v) is 9.08. The summed E-state index contributed by atoms with van der Waals surface area (Å²) in [5.41, 5.74) is 0. The number of hydrogen-bond acceptors (Lipinski definition) is 4. The molecule has 0 spiro atoms. The van der Waals surface area contributed by atoms with Crippen LogP contribution in [0.5, 0.6) is 0 Å². The largest absolute Gasteiger partial charge is 0.466 e. The normalized spacial score (nSPS) is 10.1. The highest BCUT2D eigenvalue weighted by Crippen LogP contribution is 1.91. The summed E-state index contributed by atoms with van der Waals surface area (Å²) in [6.45, 7) is 6.71. The van der Waals surface area contributed by atoms with Crippen LogP contribution in [0.15, 0.2) is 0 Å². The van der Waals surface area contributed by atoms with E-state index in [0.717, 1.165) is 6.42 Å². The van der Waals surface area contributed by atoms with E-state index in [2.05, 4.69) is 0 Å². The Hall–Kier alpha value is -0.610. The summed E-state index contributed by atoms with van der Waals surface area (Å²) in [7, 11) is 0. The molecule has 0 aromatic carbocycles. The Morgan fingerprint density at radius 2 is 1.64 bits per heavy atom. The molecule has 0 atom stereocenters. The maximum Gasteiger partial charge on any atom is 0.308 e. The van der Waals surface area contributed by atoms with E-state index in [1.54, 1.807) is 0 Å². The molecule has 0 N–H and O–H groups in total. The van der Waals surface area contributed by atoms with Gasteiger partial charge in [-0.2, -0.15) is 0 Å². The van der Waals surface area contributed by atoms with Crippen LogP contribution in [0.2, 0.25) is 0 Å². The minimum atomic E-state index is -0.199. The summed E-state index contributed by atoms with van der Waals surface area (Å²) in [5.74, 6) is -0.199. The van der Waals surface area contributed by atoms with Gasteiger partial charge in [-0.15, -0.1) is 0 Å². The number of carbonyl (C=O) groups is 1. The highest BCUT2D eigenvalue weighted by atomic mass is 16.5. The van der Waals surface area contributed by atoms with E-state index in [0.29, 0.717) is 39.5 Å². The molecule has 0 aliphatic heterocycles. The number of carbonyl (C=O) groups excluding carboxylic acids is 1. The van der Waals surface area contributed by atoms with Gasteiger partial charge in [-0.05, 0) is 13.8 Å². The van der Waals surface area contributed by atoms with E-state index < -0.39 is 0 Å². The smallest absolute Gasteiger partial charge is 0.308 e. The molecule has 0 radical (unpaired) electrons. The molecule has 4 nitrogen and oxygen atoms in total. The Morgan fingerprint density at radius 1 is 1.00 bits per heavy atom. The Morgan fingerprint density at radius 3 is 2.29 bits per heavy atom. The molecule has 4 heteroatoms. The lowest BCUT2D eigenvalue weighted by Gasteiger charge is -2.04.